The summed E-state index contributed by atoms with van der Waals surface area (Å²) in [7, 11) is 0. The number of halogens is 1. The molecule has 3 rings (SSSR count). The van der Waals surface area contributed by atoms with Gasteiger partial charge in [-0.25, -0.2) is 0 Å². The number of hydrogen-bond donors (Lipinski definition) is 1. The van der Waals surface area contributed by atoms with E-state index in [9.17, 15) is 0 Å². The van der Waals surface area contributed by atoms with Crippen molar-refractivity contribution in [2.75, 3.05) is 5.73 Å². The van der Waals surface area contributed by atoms with Gasteiger partial charge in [0.05, 0.1) is 11.3 Å². The Morgan fingerprint density at radius 2 is 1.86 bits per heavy atom. The Labute approximate surface area is 131 Å². The molecule has 0 spiro atoms. The van der Waals surface area contributed by atoms with E-state index in [4.69, 9.17) is 21.9 Å². The van der Waals surface area contributed by atoms with Crippen molar-refractivity contribution in [3.8, 4) is 11.5 Å². The maximum atomic E-state index is 5.90. The van der Waals surface area contributed by atoms with Crippen LogP contribution in [0.4, 0.5) is 5.69 Å². The minimum absolute atomic E-state index is 0.444. The first-order valence-electron chi connectivity index (χ1n) is 6.28. The molecule has 0 amide bonds. The van der Waals surface area contributed by atoms with E-state index in [1.165, 1.54) is 0 Å². The fraction of sp³-hybridized carbons (Fsp3) is 0.0667. The van der Waals surface area contributed by atoms with Gasteiger partial charge in [-0.1, -0.05) is 28.9 Å². The molecule has 2 aromatic carbocycles. The Hall–Kier alpha value is -1.98. The number of para-hydroxylation sites is 1. The zero-order chi connectivity index (χ0) is 14.7. The molecule has 0 aliphatic rings. The molecule has 106 valence electrons. The summed E-state index contributed by atoms with van der Waals surface area (Å²) in [6.45, 7) is 0. The summed E-state index contributed by atoms with van der Waals surface area (Å²) < 4.78 is 5.26. The number of nitrogens with two attached hydrogens (primary N) is 1. The number of nitrogen functional groups attached to an aromatic ring is 1. The van der Waals surface area contributed by atoms with Gasteiger partial charge in [-0.15, -0.1) is 11.8 Å². The molecule has 1 heterocycles. The van der Waals surface area contributed by atoms with E-state index in [-0.39, 0.29) is 0 Å². The Morgan fingerprint density at radius 1 is 1.10 bits per heavy atom. The number of benzene rings is 2. The number of rotatable bonds is 4. The molecule has 0 radical (unpaired) electrons. The molecule has 2 N–H and O–H groups in total. The van der Waals surface area contributed by atoms with Crippen molar-refractivity contribution in [1.82, 2.24) is 10.1 Å². The van der Waals surface area contributed by atoms with E-state index in [1.54, 1.807) is 11.8 Å². The monoisotopic (exact) mass is 317 g/mol. The lowest BCUT2D eigenvalue weighted by Crippen LogP contribution is -1.89. The van der Waals surface area contributed by atoms with Crippen LogP contribution in [0.2, 0.25) is 5.02 Å². The largest absolute Gasteiger partial charge is 0.398 e. The summed E-state index contributed by atoms with van der Waals surface area (Å²) in [4.78, 5) is 5.47. The third kappa shape index (κ3) is 3.37. The number of thioether (sulfide) groups is 1. The highest BCUT2D eigenvalue weighted by atomic mass is 35.5. The minimum Gasteiger partial charge on any atom is -0.398 e. The van der Waals surface area contributed by atoms with Crippen molar-refractivity contribution in [2.45, 2.75) is 10.6 Å². The van der Waals surface area contributed by atoms with Crippen molar-refractivity contribution in [2.24, 2.45) is 0 Å². The average Bonchev–Trinajstić information content (AvgIpc) is 2.96. The van der Waals surface area contributed by atoms with Crippen LogP contribution in [-0.4, -0.2) is 10.1 Å². The highest BCUT2D eigenvalue weighted by Gasteiger charge is 2.11. The van der Waals surface area contributed by atoms with E-state index in [0.717, 1.165) is 15.5 Å². The molecule has 0 aliphatic heterocycles. The molecule has 0 atom stereocenters. The predicted octanol–water partition coefficient (Wildman–Crippen LogP) is 4.26. The molecule has 0 aliphatic carbocycles. The maximum Gasteiger partial charge on any atom is 0.260 e. The summed E-state index contributed by atoms with van der Waals surface area (Å²) in [5.41, 5.74) is 7.28. The van der Waals surface area contributed by atoms with E-state index >= 15 is 0 Å². The third-order valence-corrected chi connectivity index (χ3v) is 4.10. The van der Waals surface area contributed by atoms with Gasteiger partial charge in [-0.2, -0.15) is 4.98 Å². The van der Waals surface area contributed by atoms with Crippen LogP contribution in [0, 0.1) is 0 Å². The number of nitrogens with zero attached hydrogens (tertiary/aromatic N) is 2. The lowest BCUT2D eigenvalue weighted by Gasteiger charge is -1.98. The van der Waals surface area contributed by atoms with E-state index in [2.05, 4.69) is 10.1 Å². The van der Waals surface area contributed by atoms with Crippen molar-refractivity contribution >= 4 is 29.1 Å². The first-order valence-corrected chi connectivity index (χ1v) is 7.64. The topological polar surface area (TPSA) is 64.9 Å². The second kappa shape index (κ2) is 6.20. The van der Waals surface area contributed by atoms with Crippen LogP contribution in [0.15, 0.2) is 57.9 Å². The molecule has 3 aromatic rings. The van der Waals surface area contributed by atoms with Crippen LogP contribution in [-0.2, 0) is 5.75 Å². The zero-order valence-electron chi connectivity index (χ0n) is 11.0. The highest BCUT2D eigenvalue weighted by Crippen LogP contribution is 2.26. The molecule has 0 saturated heterocycles. The Bertz CT molecular complexity index is 743. The van der Waals surface area contributed by atoms with Crippen LogP contribution < -0.4 is 5.73 Å². The third-order valence-electron chi connectivity index (χ3n) is 2.84. The molecular formula is C15H12ClN3OS. The van der Waals surface area contributed by atoms with Gasteiger partial charge in [0.1, 0.15) is 0 Å². The molecule has 0 unspecified atom stereocenters. The zero-order valence-corrected chi connectivity index (χ0v) is 12.6. The average molecular weight is 318 g/mol. The second-order valence-electron chi connectivity index (χ2n) is 4.35. The molecular weight excluding hydrogens is 306 g/mol. The van der Waals surface area contributed by atoms with Crippen molar-refractivity contribution in [3.63, 3.8) is 0 Å². The van der Waals surface area contributed by atoms with Gasteiger partial charge < -0.3 is 10.3 Å². The smallest absolute Gasteiger partial charge is 0.260 e. The van der Waals surface area contributed by atoms with Crippen LogP contribution in [0.1, 0.15) is 5.82 Å². The van der Waals surface area contributed by atoms with Gasteiger partial charge in [-0.3, -0.25) is 0 Å². The minimum atomic E-state index is 0.444. The Balaban J connectivity index is 1.71. The van der Waals surface area contributed by atoms with Crippen LogP contribution in [0.3, 0.4) is 0 Å². The number of anilines is 1. The van der Waals surface area contributed by atoms with Gasteiger partial charge in [0, 0.05) is 15.6 Å². The molecule has 0 fully saturated rings. The van der Waals surface area contributed by atoms with Gasteiger partial charge in [0.2, 0.25) is 0 Å². The van der Waals surface area contributed by atoms with Crippen molar-refractivity contribution in [1.29, 1.82) is 0 Å². The number of aromatic nitrogens is 2. The molecule has 4 nitrogen and oxygen atoms in total. The predicted molar refractivity (Wildman–Crippen MR) is 85.2 cm³/mol. The summed E-state index contributed by atoms with van der Waals surface area (Å²) >= 11 is 7.47. The highest BCUT2D eigenvalue weighted by molar-refractivity contribution is 7.98. The van der Waals surface area contributed by atoms with Crippen LogP contribution in [0.25, 0.3) is 11.5 Å². The Kier molecular flexibility index (Phi) is 4.13. The van der Waals surface area contributed by atoms with Crippen LogP contribution >= 0.6 is 23.4 Å². The second-order valence-corrected chi connectivity index (χ2v) is 5.83. The van der Waals surface area contributed by atoms with E-state index < -0.39 is 0 Å². The number of hydrogen-bond acceptors (Lipinski definition) is 5. The molecule has 21 heavy (non-hydrogen) atoms. The van der Waals surface area contributed by atoms with Gasteiger partial charge in [0.15, 0.2) is 5.82 Å². The maximum absolute atomic E-state index is 5.90. The van der Waals surface area contributed by atoms with Gasteiger partial charge in [-0.05, 0) is 36.4 Å². The SMILES string of the molecule is Nc1ccccc1-c1nc(CSc2ccc(Cl)cc2)no1. The normalized spacial score (nSPS) is 10.7. The standard InChI is InChI=1S/C15H12ClN3OS/c16-10-5-7-11(8-6-10)21-9-14-18-15(20-19-14)12-3-1-2-4-13(12)17/h1-8H,9,17H2. The molecule has 6 heteroatoms. The van der Waals surface area contributed by atoms with Gasteiger partial charge >= 0.3 is 0 Å². The Morgan fingerprint density at radius 3 is 2.62 bits per heavy atom. The quantitative estimate of drug-likeness (QED) is 0.575. The summed E-state index contributed by atoms with van der Waals surface area (Å²) in [6.07, 6.45) is 0. The first kappa shape index (κ1) is 14.0. The summed E-state index contributed by atoms with van der Waals surface area (Å²) in [6, 6.07) is 15.1. The van der Waals surface area contributed by atoms with Gasteiger partial charge in [0.25, 0.3) is 5.89 Å². The summed E-state index contributed by atoms with van der Waals surface area (Å²) in [5.74, 6) is 1.70. The van der Waals surface area contributed by atoms with E-state index in [1.807, 2.05) is 48.5 Å². The van der Waals surface area contributed by atoms with Crippen molar-refractivity contribution in [3.05, 3.63) is 59.4 Å². The fourth-order valence-corrected chi connectivity index (χ4v) is 2.66. The fourth-order valence-electron chi connectivity index (χ4n) is 1.79. The lowest BCUT2D eigenvalue weighted by molar-refractivity contribution is 0.425. The van der Waals surface area contributed by atoms with Crippen molar-refractivity contribution < 1.29 is 4.52 Å². The summed E-state index contributed by atoms with van der Waals surface area (Å²) in [5, 5.41) is 4.70. The van der Waals surface area contributed by atoms with Crippen LogP contribution in [0.5, 0.6) is 0 Å². The van der Waals surface area contributed by atoms with E-state index in [0.29, 0.717) is 23.2 Å². The first-order chi connectivity index (χ1) is 10.2. The molecule has 0 bridgehead atoms. The lowest BCUT2D eigenvalue weighted by atomic mass is 10.2. The molecule has 1 aromatic heterocycles. The molecule has 0 saturated carbocycles.